The average molecular weight is 480 g/mol. The fourth-order valence-electron chi connectivity index (χ4n) is 2.69. The molecular formula is C21H22BrNO5S. The smallest absolute Gasteiger partial charge is 0.325 e. The predicted molar refractivity (Wildman–Crippen MR) is 114 cm³/mol. The van der Waals surface area contributed by atoms with Gasteiger partial charge in [0.15, 0.2) is 5.78 Å². The van der Waals surface area contributed by atoms with E-state index in [2.05, 4.69) is 27.2 Å². The molecule has 0 heterocycles. The minimum Gasteiger partial charge on any atom is -0.465 e. The van der Waals surface area contributed by atoms with Crippen LogP contribution < -0.4 is 4.72 Å². The maximum absolute atomic E-state index is 13.1. The van der Waals surface area contributed by atoms with Gasteiger partial charge < -0.3 is 4.74 Å². The third kappa shape index (κ3) is 5.85. The Morgan fingerprint density at radius 1 is 1.10 bits per heavy atom. The summed E-state index contributed by atoms with van der Waals surface area (Å²) in [5.74, 6) is -2.52. The number of halogens is 1. The zero-order valence-corrected chi connectivity index (χ0v) is 18.5. The molecule has 0 spiro atoms. The van der Waals surface area contributed by atoms with Crippen molar-refractivity contribution in [1.82, 2.24) is 4.72 Å². The van der Waals surface area contributed by atoms with Gasteiger partial charge in [-0.15, -0.1) is 0 Å². The molecule has 0 amide bonds. The van der Waals surface area contributed by atoms with Crippen LogP contribution in [0.15, 0.2) is 70.6 Å². The molecule has 1 N–H and O–H groups in total. The van der Waals surface area contributed by atoms with E-state index >= 15 is 0 Å². The van der Waals surface area contributed by atoms with E-state index in [-0.39, 0.29) is 16.0 Å². The Kier molecular flexibility index (Phi) is 7.89. The summed E-state index contributed by atoms with van der Waals surface area (Å²) in [6, 6.07) is 12.9. The van der Waals surface area contributed by atoms with Crippen molar-refractivity contribution in [3.05, 3.63) is 76.8 Å². The molecule has 0 aliphatic carbocycles. The Bertz CT molecular complexity index is 987. The molecule has 0 aliphatic heterocycles. The van der Waals surface area contributed by atoms with Crippen LogP contribution in [0.5, 0.6) is 0 Å². The molecule has 2 atom stereocenters. The topological polar surface area (TPSA) is 89.5 Å². The third-order valence-electron chi connectivity index (χ3n) is 4.17. The molecule has 0 saturated carbocycles. The summed E-state index contributed by atoms with van der Waals surface area (Å²) in [5.41, 5.74) is 1.21. The zero-order chi connectivity index (χ0) is 21.6. The minimum atomic E-state index is -4.10. The zero-order valence-electron chi connectivity index (χ0n) is 16.1. The largest absolute Gasteiger partial charge is 0.465 e. The van der Waals surface area contributed by atoms with E-state index in [1.54, 1.807) is 49.4 Å². The normalized spacial score (nSPS) is 13.3. The van der Waals surface area contributed by atoms with Crippen LogP contribution in [0.25, 0.3) is 0 Å². The van der Waals surface area contributed by atoms with Crippen LogP contribution in [0.3, 0.4) is 0 Å². The van der Waals surface area contributed by atoms with Gasteiger partial charge in [0.2, 0.25) is 10.0 Å². The summed E-state index contributed by atoms with van der Waals surface area (Å²) in [6.45, 7) is 7.19. The van der Waals surface area contributed by atoms with Crippen LogP contribution in [-0.2, 0) is 19.6 Å². The van der Waals surface area contributed by atoms with Crippen LogP contribution in [0.1, 0.15) is 22.8 Å². The first-order valence-corrected chi connectivity index (χ1v) is 11.1. The standard InChI is InChI=1S/C21H22BrNO5S/c1-4-28-21(25)19(23-29(26,27)17-12-10-14(2)11-13-17)18(15(3)22)20(24)16-8-6-5-7-9-16/h5-13,18-19,23H,3-4H2,1-2H3/t18-,19+/m1/s1. The van der Waals surface area contributed by atoms with Crippen molar-refractivity contribution >= 4 is 37.7 Å². The highest BCUT2D eigenvalue weighted by molar-refractivity contribution is 9.11. The molecule has 0 fully saturated rings. The van der Waals surface area contributed by atoms with Crippen LogP contribution in [0, 0.1) is 12.8 Å². The molecule has 6 nitrogen and oxygen atoms in total. The number of benzene rings is 2. The van der Waals surface area contributed by atoms with Crippen LogP contribution >= 0.6 is 15.9 Å². The second-order valence-electron chi connectivity index (χ2n) is 6.32. The maximum atomic E-state index is 13.1. The van der Waals surface area contributed by atoms with Gasteiger partial charge in [0.1, 0.15) is 6.04 Å². The van der Waals surface area contributed by atoms with Gasteiger partial charge in [-0.3, -0.25) is 9.59 Å². The van der Waals surface area contributed by atoms with Crippen LogP contribution in [0.4, 0.5) is 0 Å². The molecule has 0 aliphatic rings. The number of Topliss-reactive ketones (excluding diaryl/α,β-unsaturated/α-hetero) is 1. The maximum Gasteiger partial charge on any atom is 0.325 e. The van der Waals surface area contributed by atoms with Crippen molar-refractivity contribution < 1.29 is 22.7 Å². The second kappa shape index (κ2) is 9.96. The number of sulfonamides is 1. The van der Waals surface area contributed by atoms with Gasteiger partial charge in [-0.05, 0) is 26.0 Å². The van der Waals surface area contributed by atoms with Crippen molar-refractivity contribution in [2.24, 2.45) is 5.92 Å². The summed E-state index contributed by atoms with van der Waals surface area (Å²) in [7, 11) is -4.10. The first kappa shape index (κ1) is 23.0. The van der Waals surface area contributed by atoms with Gasteiger partial charge in [0, 0.05) is 10.0 Å². The lowest BCUT2D eigenvalue weighted by Crippen LogP contribution is -2.49. The molecular weight excluding hydrogens is 458 g/mol. The van der Waals surface area contributed by atoms with Crippen LogP contribution in [-0.4, -0.2) is 32.8 Å². The Morgan fingerprint density at radius 3 is 2.21 bits per heavy atom. The van der Waals surface area contributed by atoms with Gasteiger partial charge >= 0.3 is 5.97 Å². The number of hydrogen-bond donors (Lipinski definition) is 1. The summed E-state index contributed by atoms with van der Waals surface area (Å²) in [4.78, 5) is 25.7. The number of ketones is 1. The second-order valence-corrected chi connectivity index (χ2v) is 9.05. The molecule has 154 valence electrons. The van der Waals surface area contributed by atoms with Crippen molar-refractivity contribution in [3.8, 4) is 0 Å². The summed E-state index contributed by atoms with van der Waals surface area (Å²) >= 11 is 3.17. The SMILES string of the molecule is C=C(Br)[C@@H](C(=O)c1ccccc1)[C@H](NS(=O)(=O)c1ccc(C)cc1)C(=O)OCC. The number of ether oxygens (including phenoxy) is 1. The number of aryl methyl sites for hydroxylation is 1. The molecule has 2 rings (SSSR count). The number of esters is 1. The van der Waals surface area contributed by atoms with E-state index < -0.39 is 33.7 Å². The predicted octanol–water partition coefficient (Wildman–Crippen LogP) is 3.61. The Labute approximate surface area is 179 Å². The molecule has 0 saturated heterocycles. The van der Waals surface area contributed by atoms with Crippen molar-refractivity contribution in [1.29, 1.82) is 0 Å². The lowest BCUT2D eigenvalue weighted by molar-refractivity contribution is -0.145. The number of carbonyl (C=O) groups is 2. The Morgan fingerprint density at radius 2 is 1.69 bits per heavy atom. The van der Waals surface area contributed by atoms with Gasteiger partial charge in [0.05, 0.1) is 17.4 Å². The molecule has 0 bridgehead atoms. The first-order chi connectivity index (χ1) is 13.7. The highest BCUT2D eigenvalue weighted by Crippen LogP contribution is 2.26. The van der Waals surface area contributed by atoms with E-state index in [0.717, 1.165) is 5.56 Å². The molecule has 2 aromatic rings. The molecule has 29 heavy (non-hydrogen) atoms. The summed E-state index contributed by atoms with van der Waals surface area (Å²) in [6.07, 6.45) is 0. The van der Waals surface area contributed by atoms with E-state index in [9.17, 15) is 18.0 Å². The van der Waals surface area contributed by atoms with E-state index in [1.165, 1.54) is 12.1 Å². The summed E-state index contributed by atoms with van der Waals surface area (Å²) in [5, 5.41) is 0. The van der Waals surface area contributed by atoms with Gasteiger partial charge in [-0.1, -0.05) is 70.5 Å². The fraction of sp³-hybridized carbons (Fsp3) is 0.238. The van der Waals surface area contributed by atoms with Crippen LogP contribution in [0.2, 0.25) is 0 Å². The Hall–Kier alpha value is -2.29. The van der Waals surface area contributed by atoms with Crippen molar-refractivity contribution in [2.75, 3.05) is 6.61 Å². The Balaban J connectivity index is 2.47. The van der Waals surface area contributed by atoms with Crippen molar-refractivity contribution in [2.45, 2.75) is 24.8 Å². The minimum absolute atomic E-state index is 0.0245. The number of rotatable bonds is 9. The van der Waals surface area contributed by atoms with E-state index in [4.69, 9.17) is 4.74 Å². The quantitative estimate of drug-likeness (QED) is 0.438. The monoisotopic (exact) mass is 479 g/mol. The third-order valence-corrected chi connectivity index (χ3v) is 6.12. The number of carbonyl (C=O) groups excluding carboxylic acids is 2. The average Bonchev–Trinajstić information content (AvgIpc) is 2.68. The molecule has 2 aromatic carbocycles. The van der Waals surface area contributed by atoms with Crippen molar-refractivity contribution in [3.63, 3.8) is 0 Å². The number of nitrogens with one attached hydrogen (secondary N) is 1. The highest BCUT2D eigenvalue weighted by Gasteiger charge is 2.39. The van der Waals surface area contributed by atoms with Gasteiger partial charge in [-0.2, -0.15) is 4.72 Å². The number of hydrogen-bond acceptors (Lipinski definition) is 5. The highest BCUT2D eigenvalue weighted by atomic mass is 79.9. The molecule has 0 unspecified atom stereocenters. The summed E-state index contributed by atoms with van der Waals surface area (Å²) < 4.78 is 33.3. The lowest BCUT2D eigenvalue weighted by atomic mass is 9.91. The van der Waals surface area contributed by atoms with Gasteiger partial charge in [0.25, 0.3) is 0 Å². The first-order valence-electron chi connectivity index (χ1n) is 8.86. The van der Waals surface area contributed by atoms with E-state index in [1.807, 2.05) is 6.92 Å². The van der Waals surface area contributed by atoms with Gasteiger partial charge in [-0.25, -0.2) is 8.42 Å². The molecule has 0 aromatic heterocycles. The van der Waals surface area contributed by atoms with E-state index in [0.29, 0.717) is 5.56 Å². The molecule has 0 radical (unpaired) electrons. The molecule has 8 heteroatoms. The fourth-order valence-corrected chi connectivity index (χ4v) is 4.36. The lowest BCUT2D eigenvalue weighted by Gasteiger charge is -2.25.